The lowest BCUT2D eigenvalue weighted by Gasteiger charge is -2.30. The zero-order chi connectivity index (χ0) is 24.0. The van der Waals surface area contributed by atoms with Crippen molar-refractivity contribution in [3.63, 3.8) is 0 Å². The van der Waals surface area contributed by atoms with Crippen molar-refractivity contribution < 1.29 is 0 Å². The minimum Gasteiger partial charge on any atom is -0.0654 e. The van der Waals surface area contributed by atoms with E-state index in [-0.39, 0.29) is 0 Å². The van der Waals surface area contributed by atoms with Gasteiger partial charge in [-0.25, -0.2) is 0 Å². The zero-order valence-corrected chi connectivity index (χ0v) is 24.0. The smallest absolute Gasteiger partial charge is 0.0380 e. The highest BCUT2D eigenvalue weighted by atomic mass is 14.3. The van der Waals surface area contributed by atoms with Crippen LogP contribution in [-0.4, -0.2) is 0 Å². The highest BCUT2D eigenvalue weighted by Crippen LogP contribution is 2.34. The van der Waals surface area contributed by atoms with Gasteiger partial charge < -0.3 is 0 Å². The van der Waals surface area contributed by atoms with Gasteiger partial charge in [-0.3, -0.25) is 0 Å². The maximum Gasteiger partial charge on any atom is -0.0380 e. The Balaban J connectivity index is 0. The molecule has 0 N–H and O–H groups in total. The summed E-state index contributed by atoms with van der Waals surface area (Å²) >= 11 is 0. The van der Waals surface area contributed by atoms with Gasteiger partial charge in [-0.05, 0) is 59.7 Å². The summed E-state index contributed by atoms with van der Waals surface area (Å²) in [5.41, 5.74) is 0.960. The molecule has 0 amide bonds. The van der Waals surface area contributed by atoms with E-state index in [4.69, 9.17) is 0 Å². The molecule has 0 spiro atoms. The number of hydrogen-bond acceptors (Lipinski definition) is 0. The quantitative estimate of drug-likeness (QED) is 0.275. The normalized spacial score (nSPS) is 17.5. The van der Waals surface area contributed by atoms with Crippen molar-refractivity contribution in [1.29, 1.82) is 0 Å². The molecular formula is C30H64. The molecule has 0 aliphatic rings. The fourth-order valence-electron chi connectivity index (χ4n) is 5.08. The fraction of sp³-hybridized carbons (Fsp3) is 1.00. The molecule has 184 valence electrons. The van der Waals surface area contributed by atoms with E-state index < -0.39 is 0 Å². The van der Waals surface area contributed by atoms with E-state index >= 15 is 0 Å². The van der Waals surface area contributed by atoms with Crippen molar-refractivity contribution in [2.24, 2.45) is 40.4 Å². The van der Waals surface area contributed by atoms with Crippen LogP contribution in [0.1, 0.15) is 154 Å². The van der Waals surface area contributed by atoms with Gasteiger partial charge in [0.2, 0.25) is 0 Å². The standard InChI is InChI=1S/C19H40.C11H24/c1-10-17(16(3)14-19(7,8)9)12-11-15(2)13-18(4,5)6;1-5-7-11(4)9-8-10(3)6-2/h15-17H,10-14H2,1-9H3;10-11H,5-9H2,1-4H3. The first kappa shape index (κ1) is 32.2. The van der Waals surface area contributed by atoms with Crippen LogP contribution in [0.3, 0.4) is 0 Å². The van der Waals surface area contributed by atoms with E-state index in [0.717, 1.165) is 29.6 Å². The Morgan fingerprint density at radius 1 is 0.500 bits per heavy atom. The molecule has 0 aliphatic heterocycles. The topological polar surface area (TPSA) is 0 Å². The third-order valence-corrected chi connectivity index (χ3v) is 6.89. The van der Waals surface area contributed by atoms with Crippen LogP contribution in [0, 0.1) is 40.4 Å². The van der Waals surface area contributed by atoms with Crippen LogP contribution in [-0.2, 0) is 0 Å². The van der Waals surface area contributed by atoms with Crippen molar-refractivity contribution in [2.75, 3.05) is 0 Å². The van der Waals surface area contributed by atoms with Gasteiger partial charge in [0.05, 0.1) is 0 Å². The summed E-state index contributed by atoms with van der Waals surface area (Å²) in [6.45, 7) is 30.8. The highest BCUT2D eigenvalue weighted by molar-refractivity contribution is 4.74. The van der Waals surface area contributed by atoms with Crippen molar-refractivity contribution >= 4 is 0 Å². The third kappa shape index (κ3) is 21.2. The number of hydrogen-bond donors (Lipinski definition) is 0. The van der Waals surface area contributed by atoms with Crippen LogP contribution in [0.15, 0.2) is 0 Å². The Bertz CT molecular complexity index is 366. The first-order valence-corrected chi connectivity index (χ1v) is 13.6. The van der Waals surface area contributed by atoms with Crippen molar-refractivity contribution in [1.82, 2.24) is 0 Å². The summed E-state index contributed by atoms with van der Waals surface area (Å²) in [5, 5.41) is 0. The molecule has 0 aromatic heterocycles. The van der Waals surface area contributed by atoms with Gasteiger partial charge in [0.25, 0.3) is 0 Å². The van der Waals surface area contributed by atoms with E-state index in [1.54, 1.807) is 0 Å². The minimum atomic E-state index is 0.476. The lowest BCUT2D eigenvalue weighted by atomic mass is 9.75. The van der Waals surface area contributed by atoms with Gasteiger partial charge in [0, 0.05) is 0 Å². The van der Waals surface area contributed by atoms with E-state index in [9.17, 15) is 0 Å². The first-order chi connectivity index (χ1) is 13.6. The molecule has 0 aromatic carbocycles. The second-order valence-electron chi connectivity index (χ2n) is 13.3. The molecule has 0 heteroatoms. The maximum absolute atomic E-state index is 2.47. The average Bonchev–Trinajstić information content (AvgIpc) is 2.58. The Kier molecular flexibility index (Phi) is 17.8. The zero-order valence-electron chi connectivity index (χ0n) is 24.0. The molecule has 0 heterocycles. The number of rotatable bonds is 13. The van der Waals surface area contributed by atoms with E-state index in [2.05, 4.69) is 90.0 Å². The second kappa shape index (κ2) is 16.6. The van der Waals surface area contributed by atoms with Gasteiger partial charge >= 0.3 is 0 Å². The molecule has 0 fully saturated rings. The van der Waals surface area contributed by atoms with Crippen molar-refractivity contribution in [2.45, 2.75) is 154 Å². The second-order valence-corrected chi connectivity index (χ2v) is 13.3. The molecule has 5 unspecified atom stereocenters. The van der Waals surface area contributed by atoms with Crippen LogP contribution >= 0.6 is 0 Å². The Morgan fingerprint density at radius 2 is 0.967 bits per heavy atom. The van der Waals surface area contributed by atoms with E-state index in [1.165, 1.54) is 64.2 Å². The lowest BCUT2D eigenvalue weighted by molar-refractivity contribution is 0.206. The van der Waals surface area contributed by atoms with Crippen LogP contribution in [0.2, 0.25) is 0 Å². The summed E-state index contributed by atoms with van der Waals surface area (Å²) in [6.07, 6.45) is 13.9. The largest absolute Gasteiger partial charge is 0.0654 e. The van der Waals surface area contributed by atoms with Crippen LogP contribution in [0.5, 0.6) is 0 Å². The monoisotopic (exact) mass is 425 g/mol. The molecule has 0 saturated carbocycles. The Hall–Kier alpha value is 0. The maximum atomic E-state index is 2.47. The Labute approximate surface area is 194 Å². The molecule has 0 radical (unpaired) electrons. The first-order valence-electron chi connectivity index (χ1n) is 13.6. The van der Waals surface area contributed by atoms with Crippen molar-refractivity contribution in [3.05, 3.63) is 0 Å². The van der Waals surface area contributed by atoms with E-state index in [1.807, 2.05) is 0 Å². The van der Waals surface area contributed by atoms with Crippen LogP contribution in [0.25, 0.3) is 0 Å². The molecule has 30 heavy (non-hydrogen) atoms. The minimum absolute atomic E-state index is 0.476. The van der Waals surface area contributed by atoms with Gasteiger partial charge in [0.1, 0.15) is 0 Å². The van der Waals surface area contributed by atoms with Crippen molar-refractivity contribution in [3.8, 4) is 0 Å². The van der Waals surface area contributed by atoms with Gasteiger partial charge in [0.15, 0.2) is 0 Å². The highest BCUT2D eigenvalue weighted by Gasteiger charge is 2.23. The summed E-state index contributed by atoms with van der Waals surface area (Å²) in [6, 6.07) is 0. The molecule has 0 bridgehead atoms. The van der Waals surface area contributed by atoms with E-state index in [0.29, 0.717) is 10.8 Å². The predicted octanol–water partition coefficient (Wildman–Crippen LogP) is 11.2. The van der Waals surface area contributed by atoms with Crippen LogP contribution < -0.4 is 0 Å². The molecular weight excluding hydrogens is 360 g/mol. The van der Waals surface area contributed by atoms with Gasteiger partial charge in [-0.15, -0.1) is 0 Å². The molecule has 0 rings (SSSR count). The molecule has 0 saturated heterocycles. The Morgan fingerprint density at radius 3 is 1.37 bits per heavy atom. The summed E-state index contributed by atoms with van der Waals surface area (Å²) in [4.78, 5) is 0. The molecule has 0 nitrogen and oxygen atoms in total. The summed E-state index contributed by atoms with van der Waals surface area (Å²) in [5.74, 6) is 4.55. The van der Waals surface area contributed by atoms with Gasteiger partial charge in [-0.2, -0.15) is 0 Å². The molecule has 0 aliphatic carbocycles. The molecule has 0 aromatic rings. The summed E-state index contributed by atoms with van der Waals surface area (Å²) < 4.78 is 0. The molecule has 5 atom stereocenters. The van der Waals surface area contributed by atoms with Crippen LogP contribution in [0.4, 0.5) is 0 Å². The SMILES string of the molecule is CCC(CCC(C)CC(C)(C)C)C(C)CC(C)(C)C.CCCC(C)CCC(C)CC. The average molecular weight is 425 g/mol. The predicted molar refractivity (Wildman–Crippen MR) is 142 cm³/mol. The summed E-state index contributed by atoms with van der Waals surface area (Å²) in [7, 11) is 0. The fourth-order valence-corrected chi connectivity index (χ4v) is 5.08. The van der Waals surface area contributed by atoms with Gasteiger partial charge in [-0.1, -0.05) is 135 Å². The third-order valence-electron chi connectivity index (χ3n) is 6.89. The lowest BCUT2D eigenvalue weighted by Crippen LogP contribution is -2.19.